The van der Waals surface area contributed by atoms with Crippen molar-refractivity contribution in [3.63, 3.8) is 0 Å². The number of piperidine rings is 1. The summed E-state index contributed by atoms with van der Waals surface area (Å²) in [7, 11) is -4.49. The van der Waals surface area contributed by atoms with Crippen molar-refractivity contribution in [3.8, 4) is 0 Å². The van der Waals surface area contributed by atoms with Gasteiger partial charge in [0.05, 0.1) is 4.92 Å². The van der Waals surface area contributed by atoms with Gasteiger partial charge in [0, 0.05) is 37.5 Å². The van der Waals surface area contributed by atoms with E-state index in [4.69, 9.17) is 0 Å². The van der Waals surface area contributed by atoms with Crippen LogP contribution in [0.1, 0.15) is 12.8 Å². The minimum Gasteiger partial charge on any atom is -0.385 e. The first-order valence-corrected chi connectivity index (χ1v) is 8.56. The van der Waals surface area contributed by atoms with Crippen molar-refractivity contribution in [3.05, 3.63) is 34.4 Å². The number of nitro groups is 1. The van der Waals surface area contributed by atoms with Gasteiger partial charge in [0.2, 0.25) is 0 Å². The van der Waals surface area contributed by atoms with Gasteiger partial charge in [0.1, 0.15) is 0 Å². The number of alkyl halides is 2. The molecule has 1 aliphatic heterocycles. The molecule has 23 heavy (non-hydrogen) atoms. The van der Waals surface area contributed by atoms with E-state index in [-0.39, 0.29) is 24.7 Å². The van der Waals surface area contributed by atoms with Crippen LogP contribution in [0.3, 0.4) is 0 Å². The van der Waals surface area contributed by atoms with Crippen molar-refractivity contribution in [2.24, 2.45) is 5.92 Å². The van der Waals surface area contributed by atoms with Crippen molar-refractivity contribution in [1.82, 2.24) is 4.31 Å². The van der Waals surface area contributed by atoms with Crippen LogP contribution in [0.25, 0.3) is 0 Å². The average Bonchev–Trinajstić information content (AvgIpc) is 2.53. The largest absolute Gasteiger partial charge is 0.385 e. The number of nitro benzene ring substituents is 1. The number of halogens is 2. The molecule has 1 saturated heterocycles. The van der Waals surface area contributed by atoms with Crippen molar-refractivity contribution >= 4 is 21.4 Å². The van der Waals surface area contributed by atoms with Crippen LogP contribution in [0.5, 0.6) is 0 Å². The van der Waals surface area contributed by atoms with E-state index < -0.39 is 20.7 Å². The summed E-state index contributed by atoms with van der Waals surface area (Å²) in [4.78, 5) is 10.1. The number of rotatable bonds is 6. The smallest absolute Gasteiger partial charge is 0.350 e. The monoisotopic (exact) mass is 349 g/mol. The molecule has 1 N–H and O–H groups in total. The molecule has 0 radical (unpaired) electrons. The molecule has 7 nitrogen and oxygen atoms in total. The van der Waals surface area contributed by atoms with Crippen LogP contribution < -0.4 is 5.32 Å². The van der Waals surface area contributed by atoms with E-state index in [2.05, 4.69) is 5.32 Å². The zero-order chi connectivity index (χ0) is 17.0. The normalized spacial score (nSPS) is 17.3. The fourth-order valence-electron chi connectivity index (χ4n) is 2.44. The number of non-ortho nitro benzene ring substituents is 1. The second-order valence-electron chi connectivity index (χ2n) is 5.33. The molecule has 0 aliphatic carbocycles. The lowest BCUT2D eigenvalue weighted by Gasteiger charge is -2.31. The first-order valence-electron chi connectivity index (χ1n) is 7.06. The maximum absolute atomic E-state index is 12.5. The van der Waals surface area contributed by atoms with E-state index in [0.717, 1.165) is 9.99 Å². The van der Waals surface area contributed by atoms with Crippen molar-refractivity contribution < 1.29 is 22.1 Å². The minimum absolute atomic E-state index is 0.000985. The molecule has 2 rings (SSSR count). The van der Waals surface area contributed by atoms with Crippen LogP contribution in [0.4, 0.5) is 20.2 Å². The van der Waals surface area contributed by atoms with Gasteiger partial charge < -0.3 is 5.32 Å². The van der Waals surface area contributed by atoms with E-state index in [0.29, 0.717) is 19.4 Å². The molecule has 1 aliphatic rings. The topological polar surface area (TPSA) is 92.6 Å². The molecule has 0 amide bonds. The van der Waals surface area contributed by atoms with Crippen LogP contribution in [0.15, 0.2) is 24.3 Å². The molecule has 128 valence electrons. The second kappa shape index (κ2) is 7.18. The molecular weight excluding hydrogens is 332 g/mol. The molecule has 0 atom stereocenters. The highest BCUT2D eigenvalue weighted by molar-refractivity contribution is 7.89. The molecule has 0 aromatic heterocycles. The van der Waals surface area contributed by atoms with E-state index in [1.807, 2.05) is 0 Å². The highest BCUT2D eigenvalue weighted by atomic mass is 32.2. The van der Waals surface area contributed by atoms with Gasteiger partial charge in [-0.05, 0) is 30.9 Å². The lowest BCUT2D eigenvalue weighted by Crippen LogP contribution is -2.42. The molecule has 10 heteroatoms. The molecule has 1 fully saturated rings. The third-order valence-electron chi connectivity index (χ3n) is 3.83. The second-order valence-corrected chi connectivity index (χ2v) is 7.24. The molecule has 1 aromatic carbocycles. The van der Waals surface area contributed by atoms with Crippen LogP contribution in [-0.4, -0.2) is 43.0 Å². The number of benzene rings is 1. The summed E-state index contributed by atoms with van der Waals surface area (Å²) in [6.07, 6.45) is 0.984. The molecule has 1 aromatic rings. The van der Waals surface area contributed by atoms with Crippen LogP contribution in [0.2, 0.25) is 0 Å². The Morgan fingerprint density at radius 2 is 1.83 bits per heavy atom. The minimum atomic E-state index is -4.49. The van der Waals surface area contributed by atoms with Crippen LogP contribution in [0, 0.1) is 16.0 Å². The van der Waals surface area contributed by atoms with Crippen LogP contribution >= 0.6 is 0 Å². The first kappa shape index (κ1) is 17.5. The molecule has 0 bridgehead atoms. The number of anilines is 1. The Morgan fingerprint density at radius 3 is 2.30 bits per heavy atom. The highest BCUT2D eigenvalue weighted by Crippen LogP contribution is 2.23. The summed E-state index contributed by atoms with van der Waals surface area (Å²) >= 11 is 0. The van der Waals surface area contributed by atoms with E-state index in [9.17, 15) is 27.3 Å². The Labute approximate surface area is 132 Å². The predicted molar refractivity (Wildman–Crippen MR) is 80.8 cm³/mol. The Morgan fingerprint density at radius 1 is 1.26 bits per heavy atom. The third-order valence-corrected chi connectivity index (χ3v) is 5.37. The van der Waals surface area contributed by atoms with Gasteiger partial charge in [-0.3, -0.25) is 10.1 Å². The van der Waals surface area contributed by atoms with Gasteiger partial charge in [0.15, 0.2) is 0 Å². The quantitative estimate of drug-likeness (QED) is 0.628. The number of hydrogen-bond donors (Lipinski definition) is 1. The summed E-state index contributed by atoms with van der Waals surface area (Å²) in [5.74, 6) is -3.22. The maximum atomic E-state index is 12.5. The Kier molecular flexibility index (Phi) is 5.47. The third kappa shape index (κ3) is 4.35. The molecule has 1 heterocycles. The van der Waals surface area contributed by atoms with Gasteiger partial charge in [-0.1, -0.05) is 0 Å². The van der Waals surface area contributed by atoms with Gasteiger partial charge in [-0.15, -0.1) is 0 Å². The van der Waals surface area contributed by atoms with Gasteiger partial charge in [-0.25, -0.2) is 8.42 Å². The Hall–Kier alpha value is -1.81. The SMILES string of the molecule is O=[N+]([O-])c1ccc(NCC2CCN(S(=O)(=O)C(F)F)CC2)cc1. The first-order chi connectivity index (χ1) is 10.8. The van der Waals surface area contributed by atoms with Crippen molar-refractivity contribution in [2.75, 3.05) is 25.0 Å². The lowest BCUT2D eigenvalue weighted by atomic mass is 9.98. The van der Waals surface area contributed by atoms with Crippen molar-refractivity contribution in [1.29, 1.82) is 0 Å². The predicted octanol–water partition coefficient (Wildman–Crippen LogP) is 2.27. The number of nitrogens with one attached hydrogen (secondary N) is 1. The summed E-state index contributed by atoms with van der Waals surface area (Å²) in [5, 5.41) is 13.7. The van der Waals surface area contributed by atoms with E-state index >= 15 is 0 Å². The molecular formula is C13H17F2N3O4S. The fourth-order valence-corrected chi connectivity index (χ4v) is 3.39. The maximum Gasteiger partial charge on any atom is 0.350 e. The van der Waals surface area contributed by atoms with Crippen LogP contribution in [-0.2, 0) is 10.0 Å². The lowest BCUT2D eigenvalue weighted by molar-refractivity contribution is -0.384. The number of nitrogens with zero attached hydrogens (tertiary/aromatic N) is 2. The molecule has 0 spiro atoms. The highest BCUT2D eigenvalue weighted by Gasteiger charge is 2.34. The fraction of sp³-hybridized carbons (Fsp3) is 0.538. The van der Waals surface area contributed by atoms with E-state index in [1.165, 1.54) is 12.1 Å². The molecule has 0 saturated carbocycles. The standard InChI is InChI=1S/C13H17F2N3O4S/c14-13(15)23(21,22)17-7-5-10(6-8-17)9-16-11-1-3-12(4-2-11)18(19)20/h1-4,10,13,16H,5-9H2. The van der Waals surface area contributed by atoms with Gasteiger partial charge in [0.25, 0.3) is 15.7 Å². The van der Waals surface area contributed by atoms with Gasteiger partial charge >= 0.3 is 5.76 Å². The molecule has 0 unspecified atom stereocenters. The van der Waals surface area contributed by atoms with Gasteiger partial charge in [-0.2, -0.15) is 13.1 Å². The summed E-state index contributed by atoms with van der Waals surface area (Å²) in [6.45, 7) is 0.721. The summed E-state index contributed by atoms with van der Waals surface area (Å²) in [6, 6.07) is 5.96. The van der Waals surface area contributed by atoms with E-state index in [1.54, 1.807) is 12.1 Å². The Balaban J connectivity index is 1.82. The summed E-state index contributed by atoms with van der Waals surface area (Å²) < 4.78 is 48.5. The Bertz CT molecular complexity index is 644. The zero-order valence-corrected chi connectivity index (χ0v) is 13.0. The summed E-state index contributed by atoms with van der Waals surface area (Å²) in [5.41, 5.74) is 0.722. The average molecular weight is 349 g/mol. The van der Waals surface area contributed by atoms with Crippen molar-refractivity contribution in [2.45, 2.75) is 18.6 Å². The zero-order valence-electron chi connectivity index (χ0n) is 12.2. The number of sulfonamides is 1. The number of hydrogen-bond acceptors (Lipinski definition) is 5.